The topological polar surface area (TPSA) is 71.4 Å². The lowest BCUT2D eigenvalue weighted by atomic mass is 9.92. The zero-order valence-electron chi connectivity index (χ0n) is 10.1. The molecule has 0 saturated heterocycles. The normalized spacial score (nSPS) is 17.2. The minimum atomic E-state index is -3.85. The van der Waals surface area contributed by atoms with Gasteiger partial charge in [-0.25, -0.2) is 17.2 Å². The molecule has 0 radical (unpaired) electrons. The lowest BCUT2D eigenvalue weighted by Gasteiger charge is -2.15. The second-order valence-corrected chi connectivity index (χ2v) is 6.87. The highest BCUT2D eigenvalue weighted by Gasteiger charge is 2.48. The summed E-state index contributed by atoms with van der Waals surface area (Å²) in [5.74, 6) is -3.01. The molecule has 2 rings (SSSR count). The van der Waals surface area contributed by atoms with E-state index in [0.29, 0.717) is 18.9 Å². The molecule has 1 aliphatic rings. The predicted octanol–water partition coefficient (Wildman–Crippen LogP) is 1.87. The summed E-state index contributed by atoms with van der Waals surface area (Å²) in [4.78, 5) is 10.0. The standard InChI is InChI=1S/C12H12F2O4S/c1-19(17,18)10-5-8(13)7(4-9(10)14)12(2-3-12)6-11(15)16/h4-5H,2-3,6H2,1H3,(H,15,16). The number of rotatable bonds is 4. The van der Waals surface area contributed by atoms with Crippen molar-refractivity contribution in [1.82, 2.24) is 0 Å². The number of halogens is 2. The maximum Gasteiger partial charge on any atom is 0.304 e. The fourth-order valence-corrected chi connectivity index (χ4v) is 2.93. The lowest BCUT2D eigenvalue weighted by molar-refractivity contribution is -0.137. The zero-order chi connectivity index (χ0) is 14.4. The molecule has 1 N–H and O–H groups in total. The summed E-state index contributed by atoms with van der Waals surface area (Å²) in [6.45, 7) is 0. The maximum atomic E-state index is 13.9. The van der Waals surface area contributed by atoms with Gasteiger partial charge in [-0.05, 0) is 30.5 Å². The number of hydrogen-bond donors (Lipinski definition) is 1. The van der Waals surface area contributed by atoms with Crippen LogP contribution in [0.1, 0.15) is 24.8 Å². The number of carboxylic acids is 1. The Morgan fingerprint density at radius 3 is 2.32 bits per heavy atom. The van der Waals surface area contributed by atoms with Crippen LogP contribution in [0.15, 0.2) is 17.0 Å². The van der Waals surface area contributed by atoms with Crippen LogP contribution in [0.25, 0.3) is 0 Å². The third kappa shape index (κ3) is 2.60. The van der Waals surface area contributed by atoms with Crippen LogP contribution in [0, 0.1) is 11.6 Å². The van der Waals surface area contributed by atoms with Crippen molar-refractivity contribution in [2.75, 3.05) is 6.26 Å². The van der Waals surface area contributed by atoms with E-state index < -0.39 is 37.8 Å². The highest BCUT2D eigenvalue weighted by Crippen LogP contribution is 2.52. The van der Waals surface area contributed by atoms with Gasteiger partial charge in [-0.3, -0.25) is 4.79 Å². The molecular weight excluding hydrogens is 278 g/mol. The molecule has 0 unspecified atom stereocenters. The summed E-state index contributed by atoms with van der Waals surface area (Å²) in [7, 11) is -3.85. The minimum absolute atomic E-state index is 0.0557. The fourth-order valence-electron chi connectivity index (χ4n) is 2.20. The van der Waals surface area contributed by atoms with Gasteiger partial charge in [0.1, 0.15) is 16.5 Å². The third-order valence-corrected chi connectivity index (χ3v) is 4.45. The Hall–Kier alpha value is -1.50. The van der Waals surface area contributed by atoms with Gasteiger partial charge in [-0.15, -0.1) is 0 Å². The zero-order valence-corrected chi connectivity index (χ0v) is 10.9. The average molecular weight is 290 g/mol. The molecule has 1 fully saturated rings. The van der Waals surface area contributed by atoms with Crippen LogP contribution in [-0.4, -0.2) is 25.7 Å². The van der Waals surface area contributed by atoms with Crippen LogP contribution in [0.2, 0.25) is 0 Å². The summed E-state index contributed by atoms with van der Waals surface area (Å²) in [5, 5.41) is 8.78. The first-order valence-electron chi connectivity index (χ1n) is 5.57. The van der Waals surface area contributed by atoms with Crippen LogP contribution in [0.3, 0.4) is 0 Å². The van der Waals surface area contributed by atoms with E-state index in [1.165, 1.54) is 0 Å². The summed E-state index contributed by atoms with van der Waals surface area (Å²) < 4.78 is 50.2. The fraction of sp³-hybridized carbons (Fsp3) is 0.417. The Kier molecular flexibility index (Phi) is 3.12. The van der Waals surface area contributed by atoms with E-state index in [0.717, 1.165) is 12.3 Å². The molecule has 1 aromatic rings. The number of hydrogen-bond acceptors (Lipinski definition) is 3. The molecule has 0 amide bonds. The van der Waals surface area contributed by atoms with Crippen LogP contribution in [0.5, 0.6) is 0 Å². The Balaban J connectivity index is 2.51. The van der Waals surface area contributed by atoms with E-state index >= 15 is 0 Å². The first-order valence-corrected chi connectivity index (χ1v) is 7.46. The molecule has 19 heavy (non-hydrogen) atoms. The number of aliphatic carboxylic acids is 1. The van der Waals surface area contributed by atoms with Crippen molar-refractivity contribution in [2.24, 2.45) is 0 Å². The van der Waals surface area contributed by atoms with Crippen molar-refractivity contribution in [1.29, 1.82) is 0 Å². The average Bonchev–Trinajstić information content (AvgIpc) is 2.99. The molecule has 0 bridgehead atoms. The van der Waals surface area contributed by atoms with Gasteiger partial charge in [0.05, 0.1) is 6.42 Å². The van der Waals surface area contributed by atoms with Gasteiger partial charge in [0, 0.05) is 11.7 Å². The molecule has 1 saturated carbocycles. The highest BCUT2D eigenvalue weighted by molar-refractivity contribution is 7.90. The third-order valence-electron chi connectivity index (χ3n) is 3.34. The van der Waals surface area contributed by atoms with Crippen LogP contribution < -0.4 is 0 Å². The van der Waals surface area contributed by atoms with Gasteiger partial charge >= 0.3 is 5.97 Å². The van der Waals surface area contributed by atoms with Crippen LogP contribution in [-0.2, 0) is 20.0 Å². The number of carboxylic acid groups (broad SMARTS) is 1. The van der Waals surface area contributed by atoms with Crippen molar-refractivity contribution in [3.8, 4) is 0 Å². The van der Waals surface area contributed by atoms with Gasteiger partial charge in [-0.2, -0.15) is 0 Å². The number of carbonyl (C=O) groups is 1. The van der Waals surface area contributed by atoms with Crippen molar-refractivity contribution < 1.29 is 27.1 Å². The van der Waals surface area contributed by atoms with Gasteiger partial charge in [-0.1, -0.05) is 0 Å². The summed E-state index contributed by atoms with van der Waals surface area (Å²) in [5.41, 5.74) is -0.952. The molecule has 0 aromatic heterocycles. The van der Waals surface area contributed by atoms with Gasteiger partial charge in [0.15, 0.2) is 9.84 Å². The van der Waals surface area contributed by atoms with Crippen LogP contribution in [0.4, 0.5) is 8.78 Å². The summed E-state index contributed by atoms with van der Waals surface area (Å²) in [6, 6.07) is 1.43. The molecule has 1 aliphatic carbocycles. The number of sulfone groups is 1. The predicted molar refractivity (Wildman–Crippen MR) is 62.6 cm³/mol. The van der Waals surface area contributed by atoms with E-state index in [2.05, 4.69) is 0 Å². The Bertz CT molecular complexity index is 648. The van der Waals surface area contributed by atoms with E-state index in [4.69, 9.17) is 5.11 Å². The molecule has 7 heteroatoms. The van der Waals surface area contributed by atoms with E-state index in [9.17, 15) is 22.0 Å². The minimum Gasteiger partial charge on any atom is -0.481 e. The molecule has 0 spiro atoms. The van der Waals surface area contributed by atoms with Gasteiger partial charge < -0.3 is 5.11 Å². The van der Waals surface area contributed by atoms with Crippen molar-refractivity contribution in [3.05, 3.63) is 29.3 Å². The summed E-state index contributed by atoms with van der Waals surface area (Å²) >= 11 is 0. The molecule has 0 aliphatic heterocycles. The summed E-state index contributed by atoms with van der Waals surface area (Å²) in [6.07, 6.45) is 1.40. The Morgan fingerprint density at radius 1 is 1.32 bits per heavy atom. The van der Waals surface area contributed by atoms with Gasteiger partial charge in [0.25, 0.3) is 0 Å². The van der Waals surface area contributed by atoms with Crippen LogP contribution >= 0.6 is 0 Å². The molecule has 0 atom stereocenters. The van der Waals surface area contributed by atoms with Gasteiger partial charge in [0.2, 0.25) is 0 Å². The Labute approximate surface area is 109 Å². The van der Waals surface area contributed by atoms with E-state index in [1.54, 1.807) is 0 Å². The number of benzene rings is 1. The monoisotopic (exact) mass is 290 g/mol. The van der Waals surface area contributed by atoms with Crippen molar-refractivity contribution >= 4 is 15.8 Å². The molecule has 1 aromatic carbocycles. The first kappa shape index (κ1) is 13.9. The maximum absolute atomic E-state index is 13.9. The Morgan fingerprint density at radius 2 is 1.89 bits per heavy atom. The highest BCUT2D eigenvalue weighted by atomic mass is 32.2. The second kappa shape index (κ2) is 4.26. The van der Waals surface area contributed by atoms with Crippen molar-refractivity contribution in [2.45, 2.75) is 29.6 Å². The largest absolute Gasteiger partial charge is 0.481 e. The van der Waals surface area contributed by atoms with Crippen molar-refractivity contribution in [3.63, 3.8) is 0 Å². The molecular formula is C12H12F2O4S. The molecule has 104 valence electrons. The smallest absolute Gasteiger partial charge is 0.304 e. The molecule has 4 nitrogen and oxygen atoms in total. The second-order valence-electron chi connectivity index (χ2n) is 4.89. The lowest BCUT2D eigenvalue weighted by Crippen LogP contribution is -2.16. The van der Waals surface area contributed by atoms with E-state index in [1.807, 2.05) is 0 Å². The van der Waals surface area contributed by atoms with E-state index in [-0.39, 0.29) is 12.0 Å². The SMILES string of the molecule is CS(=O)(=O)c1cc(F)c(C2(CC(=O)O)CC2)cc1F. The molecule has 0 heterocycles. The first-order chi connectivity index (χ1) is 8.66. The quantitative estimate of drug-likeness (QED) is 0.919.